The molecule has 23 nitrogen and oxygen atoms in total. The van der Waals surface area contributed by atoms with Gasteiger partial charge in [-0.05, 0) is 105 Å². The summed E-state index contributed by atoms with van der Waals surface area (Å²) in [6.07, 6.45) is 1.99. The van der Waals surface area contributed by atoms with Crippen molar-refractivity contribution in [3.63, 3.8) is 0 Å². The summed E-state index contributed by atoms with van der Waals surface area (Å²) in [4.78, 5) is 113. The van der Waals surface area contributed by atoms with Gasteiger partial charge in [-0.25, -0.2) is 0 Å². The molecule has 1 aromatic heterocycles. The lowest BCUT2D eigenvalue weighted by atomic mass is 9.94. The standard InChI is InChI=1S/C63H82N8O15/c1-5-70(53-39-47(46-11-9-45(10-12-46)41-68-22-27-82-28-23-68)38-50(44(53)4)59(75)65-40-51-42(2)37-43(3)66-60(51)76)48-15-20-69(21-16-48)57(74)18-25-81-30-32-84-34-36-85-35-33-83-31-29-80-24-17-55(72)64-19-26-86-54-8-6-7-49-58(54)63(79)71(62(49)78)52-13-14-56(73)67-61(52)77/h6-12,37-39,48,52H,5,13-36,40-41H2,1-4H3,(H,64,72)(H,65,75)(H,66,76)(H,67,73,77). The number of H-pyrrole nitrogens is 1. The Balaban J connectivity index is 0.659. The maximum atomic E-state index is 14.1. The Labute approximate surface area is 501 Å². The molecule has 464 valence electrons. The molecule has 5 heterocycles. The summed E-state index contributed by atoms with van der Waals surface area (Å²) < 4.78 is 39.3. The van der Waals surface area contributed by atoms with Gasteiger partial charge in [-0.15, -0.1) is 0 Å². The first-order valence-corrected chi connectivity index (χ1v) is 29.9. The molecule has 0 aliphatic carbocycles. The van der Waals surface area contributed by atoms with Crippen molar-refractivity contribution in [3.8, 4) is 16.9 Å². The summed E-state index contributed by atoms with van der Waals surface area (Å²) in [7, 11) is 0. The Bertz CT molecular complexity index is 3070. The summed E-state index contributed by atoms with van der Waals surface area (Å²) in [6.45, 7) is 17.4. The van der Waals surface area contributed by atoms with Crippen molar-refractivity contribution < 1.29 is 66.7 Å². The summed E-state index contributed by atoms with van der Waals surface area (Å²) in [5.41, 5.74) is 7.57. The molecule has 3 fully saturated rings. The molecule has 4 aromatic rings. The number of carbonyl (C=O) groups excluding carboxylic acids is 7. The number of aryl methyl sites for hydroxylation is 2. The SMILES string of the molecule is CCN(c1cc(-c2ccc(CN3CCOCC3)cc2)cc(C(=O)NCc2c(C)cc(C)[nH]c2=O)c1C)C1CCN(C(=O)CCOCCOCCOCCOCCOCCC(=O)NCCOc2cccc3c2C(=O)N(C2CCC(=O)NC2=O)C3=O)CC1. The largest absolute Gasteiger partial charge is 0.491 e. The van der Waals surface area contributed by atoms with Crippen LogP contribution in [-0.2, 0) is 60.7 Å². The van der Waals surface area contributed by atoms with Crippen molar-refractivity contribution in [1.82, 2.24) is 35.6 Å². The van der Waals surface area contributed by atoms with Crippen LogP contribution in [-0.4, -0.2) is 198 Å². The number of hydrogen-bond donors (Lipinski definition) is 4. The number of aromatic amines is 1. The molecule has 4 aliphatic rings. The number of benzene rings is 3. The Morgan fingerprint density at radius 1 is 0.709 bits per heavy atom. The molecular formula is C63H82N8O15. The molecule has 0 spiro atoms. The van der Waals surface area contributed by atoms with E-state index >= 15 is 0 Å². The smallest absolute Gasteiger partial charge is 0.266 e. The number of piperidine rings is 2. The van der Waals surface area contributed by atoms with E-state index in [1.54, 1.807) is 6.07 Å². The molecule has 3 aromatic carbocycles. The number of amides is 7. The molecule has 1 atom stereocenters. The van der Waals surface area contributed by atoms with Gasteiger partial charge in [-0.1, -0.05) is 30.3 Å². The van der Waals surface area contributed by atoms with Crippen molar-refractivity contribution in [2.75, 3.05) is 130 Å². The monoisotopic (exact) mass is 1190 g/mol. The molecule has 8 rings (SSSR count). The van der Waals surface area contributed by atoms with Gasteiger partial charge in [0.25, 0.3) is 23.3 Å². The lowest BCUT2D eigenvalue weighted by Gasteiger charge is -2.40. The van der Waals surface area contributed by atoms with Gasteiger partial charge in [0.2, 0.25) is 23.6 Å². The summed E-state index contributed by atoms with van der Waals surface area (Å²) in [6, 6.07) is 18.2. The van der Waals surface area contributed by atoms with E-state index < -0.39 is 29.7 Å². The number of nitrogens with one attached hydrogen (secondary N) is 4. The lowest BCUT2D eigenvalue weighted by molar-refractivity contribution is -0.136. The summed E-state index contributed by atoms with van der Waals surface area (Å²) >= 11 is 0. The summed E-state index contributed by atoms with van der Waals surface area (Å²) in [5.74, 6) is -2.76. The Morgan fingerprint density at radius 2 is 1.36 bits per heavy atom. The van der Waals surface area contributed by atoms with E-state index in [4.69, 9.17) is 33.2 Å². The maximum absolute atomic E-state index is 14.1. The van der Waals surface area contributed by atoms with Gasteiger partial charge < -0.3 is 58.6 Å². The van der Waals surface area contributed by atoms with Gasteiger partial charge in [0.05, 0.1) is 103 Å². The van der Waals surface area contributed by atoms with Crippen LogP contribution in [0, 0.1) is 20.8 Å². The molecule has 0 radical (unpaired) electrons. The number of ether oxygens (including phenoxy) is 7. The predicted octanol–water partition coefficient (Wildman–Crippen LogP) is 4.01. The molecule has 4 aliphatic heterocycles. The van der Waals surface area contributed by atoms with Crippen LogP contribution in [0.4, 0.5) is 5.69 Å². The van der Waals surface area contributed by atoms with E-state index in [1.165, 1.54) is 17.7 Å². The number of fused-ring (bicyclic) bond motifs is 1. The molecule has 23 heteroatoms. The van der Waals surface area contributed by atoms with E-state index in [-0.39, 0.29) is 105 Å². The molecular weight excluding hydrogens is 1110 g/mol. The van der Waals surface area contributed by atoms with E-state index in [0.717, 1.165) is 84.2 Å². The highest BCUT2D eigenvalue weighted by molar-refractivity contribution is 6.24. The minimum atomic E-state index is -1.09. The van der Waals surface area contributed by atoms with Crippen LogP contribution in [0.25, 0.3) is 11.1 Å². The van der Waals surface area contributed by atoms with Crippen LogP contribution in [0.5, 0.6) is 5.75 Å². The number of carbonyl (C=O) groups is 7. The third-order valence-corrected chi connectivity index (χ3v) is 15.8. The topological polar surface area (TPSA) is 266 Å². The van der Waals surface area contributed by atoms with Crippen LogP contribution >= 0.6 is 0 Å². The van der Waals surface area contributed by atoms with Crippen LogP contribution in [0.2, 0.25) is 0 Å². The number of likely N-dealkylation sites (tertiary alicyclic amines) is 1. The number of aromatic nitrogens is 1. The Hall–Kier alpha value is -7.38. The van der Waals surface area contributed by atoms with Crippen molar-refractivity contribution in [3.05, 3.63) is 116 Å². The number of morpholine rings is 1. The number of anilines is 1. The molecule has 86 heavy (non-hydrogen) atoms. The van der Waals surface area contributed by atoms with E-state index in [2.05, 4.69) is 68.0 Å². The van der Waals surface area contributed by atoms with Gasteiger partial charge in [0, 0.05) is 87.2 Å². The Kier molecular flexibility index (Phi) is 24.3. The number of nitrogens with zero attached hydrogens (tertiary/aromatic N) is 4. The van der Waals surface area contributed by atoms with E-state index in [9.17, 15) is 38.4 Å². The van der Waals surface area contributed by atoms with Crippen molar-refractivity contribution in [2.24, 2.45) is 0 Å². The third-order valence-electron chi connectivity index (χ3n) is 15.8. The molecule has 4 N–H and O–H groups in total. The van der Waals surface area contributed by atoms with E-state index in [1.807, 2.05) is 37.8 Å². The second-order valence-electron chi connectivity index (χ2n) is 21.7. The van der Waals surface area contributed by atoms with Gasteiger partial charge in [-0.3, -0.25) is 53.5 Å². The fourth-order valence-corrected chi connectivity index (χ4v) is 11.1. The summed E-state index contributed by atoms with van der Waals surface area (Å²) in [5, 5.41) is 7.94. The van der Waals surface area contributed by atoms with Gasteiger partial charge >= 0.3 is 0 Å². The highest BCUT2D eigenvalue weighted by Crippen LogP contribution is 2.36. The molecule has 7 amide bonds. The highest BCUT2D eigenvalue weighted by Gasteiger charge is 2.46. The average molecular weight is 1190 g/mol. The fourth-order valence-electron chi connectivity index (χ4n) is 11.1. The molecule has 0 saturated carbocycles. The Morgan fingerprint density at radius 3 is 2.00 bits per heavy atom. The predicted molar refractivity (Wildman–Crippen MR) is 318 cm³/mol. The van der Waals surface area contributed by atoms with Crippen LogP contribution in [0.1, 0.15) is 104 Å². The maximum Gasteiger partial charge on any atom is 0.266 e. The van der Waals surface area contributed by atoms with Crippen LogP contribution in [0.15, 0.2) is 65.5 Å². The number of imide groups is 2. The second-order valence-corrected chi connectivity index (χ2v) is 21.7. The molecule has 3 saturated heterocycles. The van der Waals surface area contributed by atoms with Gasteiger partial charge in [-0.2, -0.15) is 0 Å². The fraction of sp³-hybridized carbons (Fsp3) is 0.524. The normalized spacial score (nSPS) is 16.5. The zero-order chi connectivity index (χ0) is 61.0. The van der Waals surface area contributed by atoms with Crippen molar-refractivity contribution in [2.45, 2.75) is 91.4 Å². The number of rotatable bonds is 32. The minimum absolute atomic E-state index is 0.0167. The second kappa shape index (κ2) is 32.4. The van der Waals surface area contributed by atoms with Gasteiger partial charge in [0.1, 0.15) is 18.4 Å². The zero-order valence-corrected chi connectivity index (χ0v) is 49.9. The lowest BCUT2D eigenvalue weighted by Crippen LogP contribution is -2.54. The average Bonchev–Trinajstić information content (AvgIpc) is 2.06. The van der Waals surface area contributed by atoms with Crippen LogP contribution in [0.3, 0.4) is 0 Å². The minimum Gasteiger partial charge on any atom is -0.491 e. The number of hydrogen-bond acceptors (Lipinski definition) is 17. The highest BCUT2D eigenvalue weighted by atomic mass is 16.6. The van der Waals surface area contributed by atoms with Gasteiger partial charge in [0.15, 0.2) is 0 Å². The molecule has 0 bridgehead atoms. The third kappa shape index (κ3) is 17.6. The first-order valence-electron chi connectivity index (χ1n) is 29.9. The number of pyridine rings is 1. The quantitative estimate of drug-likeness (QED) is 0.0398. The van der Waals surface area contributed by atoms with Crippen molar-refractivity contribution in [1.29, 1.82) is 0 Å². The first kappa shape index (κ1) is 64.6. The van der Waals surface area contributed by atoms with E-state index in [0.29, 0.717) is 83.6 Å². The van der Waals surface area contributed by atoms with Crippen molar-refractivity contribution >= 4 is 47.0 Å². The zero-order valence-electron chi connectivity index (χ0n) is 49.9. The first-order chi connectivity index (χ1) is 41.7. The van der Waals surface area contributed by atoms with Crippen LogP contribution < -0.4 is 31.1 Å². The molecule has 1 unspecified atom stereocenters.